The first kappa shape index (κ1) is 28.3. The number of alkyl halides is 3. The molecule has 14 heteroatoms. The summed E-state index contributed by atoms with van der Waals surface area (Å²) in [6, 6.07) is 5.07. The van der Waals surface area contributed by atoms with E-state index in [9.17, 15) is 18.4 Å². The molecule has 2 N–H and O–H groups in total. The summed E-state index contributed by atoms with van der Waals surface area (Å²) in [6.45, 7) is 6.04. The number of hydrogen-bond donors (Lipinski definition) is 2. The lowest BCUT2D eigenvalue weighted by molar-refractivity contribution is -0.137. The van der Waals surface area contributed by atoms with Gasteiger partial charge in [-0.1, -0.05) is 5.21 Å². The smallest absolute Gasteiger partial charge is 0.417 e. The minimum Gasteiger partial charge on any atom is -0.484 e. The molecule has 41 heavy (non-hydrogen) atoms. The molecule has 0 bridgehead atoms. The number of piperidine rings is 1. The molecule has 1 atom stereocenters. The van der Waals surface area contributed by atoms with Crippen LogP contribution >= 0.6 is 0 Å². The van der Waals surface area contributed by atoms with E-state index in [1.807, 2.05) is 11.6 Å². The van der Waals surface area contributed by atoms with Crippen LogP contribution < -0.4 is 15.4 Å². The van der Waals surface area contributed by atoms with E-state index >= 15 is 0 Å². The fourth-order valence-corrected chi connectivity index (χ4v) is 5.01. The van der Waals surface area contributed by atoms with Crippen LogP contribution in [-0.2, 0) is 10.9 Å². The Morgan fingerprint density at radius 1 is 1.24 bits per heavy atom. The van der Waals surface area contributed by atoms with Gasteiger partial charge in [0.05, 0.1) is 30.1 Å². The molecular formula is C27H30F3N9O2. The van der Waals surface area contributed by atoms with Crippen LogP contribution in [0, 0.1) is 18.3 Å². The topological polar surface area (TPSA) is 127 Å². The number of halogens is 3. The van der Waals surface area contributed by atoms with Gasteiger partial charge in [-0.15, -0.1) is 5.10 Å². The second-order valence-corrected chi connectivity index (χ2v) is 9.84. The second-order valence-electron chi connectivity index (χ2n) is 9.84. The quantitative estimate of drug-likeness (QED) is 0.284. The van der Waals surface area contributed by atoms with Gasteiger partial charge in [0.1, 0.15) is 40.5 Å². The summed E-state index contributed by atoms with van der Waals surface area (Å²) in [7, 11) is 1.53. The number of fused-ring (bicyclic) bond motifs is 1. The average molecular weight is 570 g/mol. The highest BCUT2D eigenvalue weighted by Gasteiger charge is 2.33. The molecule has 4 aromatic heterocycles. The zero-order valence-corrected chi connectivity index (χ0v) is 22.9. The summed E-state index contributed by atoms with van der Waals surface area (Å²) in [5, 5.41) is 29.3. The SMILES string of the molecule is COCCNc1ncc(C(F)(F)F)cc1C(C)Oc1cc(-c2nnn(C3CCNCC3)c2C)cn2ncc(C#N)c12. The maximum atomic E-state index is 13.6. The molecule has 1 saturated heterocycles. The van der Waals surface area contributed by atoms with E-state index < -0.39 is 17.8 Å². The first-order valence-corrected chi connectivity index (χ1v) is 13.2. The van der Waals surface area contributed by atoms with E-state index in [2.05, 4.69) is 37.1 Å². The summed E-state index contributed by atoms with van der Waals surface area (Å²) in [6.07, 6.45) is 0.331. The van der Waals surface area contributed by atoms with Crippen LogP contribution in [0.4, 0.5) is 19.0 Å². The van der Waals surface area contributed by atoms with Gasteiger partial charge in [-0.2, -0.15) is 23.5 Å². The zero-order chi connectivity index (χ0) is 29.1. The van der Waals surface area contributed by atoms with Gasteiger partial charge in [0.25, 0.3) is 0 Å². The van der Waals surface area contributed by atoms with Crippen molar-refractivity contribution in [3.8, 4) is 23.1 Å². The minimum absolute atomic E-state index is 0.200. The number of nitrogens with zero attached hydrogens (tertiary/aromatic N) is 7. The van der Waals surface area contributed by atoms with Crippen LogP contribution in [0.25, 0.3) is 16.8 Å². The number of nitrogens with one attached hydrogen (secondary N) is 2. The maximum Gasteiger partial charge on any atom is 0.417 e. The molecule has 216 valence electrons. The third-order valence-electron chi connectivity index (χ3n) is 7.14. The standard InChI is InChI=1S/C27H30F3N9O2/c1-16-24(36-37-39(16)21-4-6-32-7-5-21)18-10-23(25-19(12-31)13-35-38(25)15-18)41-17(2)22-11-20(27(28,29)30)14-34-26(22)33-8-9-40-3/h10-11,13-15,17,21,32H,4-9H2,1-3H3,(H,33,34). The van der Waals surface area contributed by atoms with Gasteiger partial charge in [0, 0.05) is 37.2 Å². The second kappa shape index (κ2) is 11.7. The van der Waals surface area contributed by atoms with Crippen molar-refractivity contribution in [3.05, 3.63) is 53.1 Å². The molecule has 0 aliphatic carbocycles. The van der Waals surface area contributed by atoms with Gasteiger partial charge < -0.3 is 20.1 Å². The fourth-order valence-electron chi connectivity index (χ4n) is 5.01. The lowest BCUT2D eigenvalue weighted by Crippen LogP contribution is -2.30. The van der Waals surface area contributed by atoms with Crippen molar-refractivity contribution in [2.24, 2.45) is 0 Å². The molecule has 0 spiro atoms. The Balaban J connectivity index is 1.55. The van der Waals surface area contributed by atoms with Crippen LogP contribution in [0.1, 0.15) is 54.3 Å². The van der Waals surface area contributed by atoms with Gasteiger partial charge in [-0.3, -0.25) is 0 Å². The summed E-state index contributed by atoms with van der Waals surface area (Å²) in [5.41, 5.74) is 2.09. The van der Waals surface area contributed by atoms with Crippen molar-refractivity contribution >= 4 is 11.3 Å². The Labute approximate surface area is 234 Å². The van der Waals surface area contributed by atoms with Crippen molar-refractivity contribution in [1.82, 2.24) is 34.9 Å². The van der Waals surface area contributed by atoms with Crippen molar-refractivity contribution in [2.45, 2.75) is 45.0 Å². The Morgan fingerprint density at radius 2 is 2.02 bits per heavy atom. The van der Waals surface area contributed by atoms with Crippen molar-refractivity contribution < 1.29 is 22.6 Å². The number of pyridine rings is 2. The normalized spacial score (nSPS) is 15.1. The lowest BCUT2D eigenvalue weighted by atomic mass is 10.1. The first-order chi connectivity index (χ1) is 19.7. The van der Waals surface area contributed by atoms with Crippen molar-refractivity contribution in [1.29, 1.82) is 5.26 Å². The number of rotatable bonds is 9. The molecular weight excluding hydrogens is 539 g/mol. The molecule has 5 rings (SSSR count). The Morgan fingerprint density at radius 3 is 2.73 bits per heavy atom. The summed E-state index contributed by atoms with van der Waals surface area (Å²) >= 11 is 0. The van der Waals surface area contributed by atoms with Crippen LogP contribution in [0.2, 0.25) is 0 Å². The van der Waals surface area contributed by atoms with Crippen molar-refractivity contribution in [2.75, 3.05) is 38.7 Å². The van der Waals surface area contributed by atoms with Gasteiger partial charge in [-0.05, 0) is 51.9 Å². The van der Waals surface area contributed by atoms with Crippen LogP contribution in [-0.4, -0.2) is 62.9 Å². The average Bonchev–Trinajstić information content (AvgIpc) is 3.56. The summed E-state index contributed by atoms with van der Waals surface area (Å²) < 4.78 is 55.6. The Bertz CT molecular complexity index is 1570. The van der Waals surface area contributed by atoms with E-state index in [-0.39, 0.29) is 28.7 Å². The van der Waals surface area contributed by atoms with E-state index in [4.69, 9.17) is 9.47 Å². The molecule has 0 amide bonds. The summed E-state index contributed by atoms with van der Waals surface area (Å²) in [5.74, 6) is 0.504. The number of methoxy groups -OCH3 is 1. The minimum atomic E-state index is -4.59. The number of ether oxygens (including phenoxy) is 2. The highest BCUT2D eigenvalue weighted by Crippen LogP contribution is 2.37. The van der Waals surface area contributed by atoms with Crippen LogP contribution in [0.5, 0.6) is 5.75 Å². The molecule has 1 fully saturated rings. The third kappa shape index (κ3) is 5.82. The van der Waals surface area contributed by atoms with Crippen LogP contribution in [0.15, 0.2) is 30.7 Å². The maximum absolute atomic E-state index is 13.6. The third-order valence-corrected chi connectivity index (χ3v) is 7.14. The lowest BCUT2D eigenvalue weighted by Gasteiger charge is -2.23. The highest BCUT2D eigenvalue weighted by atomic mass is 19.4. The predicted molar refractivity (Wildman–Crippen MR) is 143 cm³/mol. The largest absolute Gasteiger partial charge is 0.484 e. The Hall–Kier alpha value is -4.22. The number of anilines is 1. The summed E-state index contributed by atoms with van der Waals surface area (Å²) in [4.78, 5) is 4.03. The van der Waals surface area contributed by atoms with E-state index in [0.717, 1.165) is 43.9 Å². The van der Waals surface area contributed by atoms with Crippen molar-refractivity contribution in [3.63, 3.8) is 0 Å². The van der Waals surface area contributed by atoms with Gasteiger partial charge in [-0.25, -0.2) is 14.2 Å². The Kier molecular flexibility index (Phi) is 8.09. The fraction of sp³-hybridized carbons (Fsp3) is 0.444. The van der Waals surface area contributed by atoms with E-state index in [1.165, 1.54) is 17.8 Å². The molecule has 1 aliphatic heterocycles. The highest BCUT2D eigenvalue weighted by molar-refractivity contribution is 5.75. The number of nitriles is 1. The molecule has 1 unspecified atom stereocenters. The van der Waals surface area contributed by atoms with Gasteiger partial charge in [0.2, 0.25) is 0 Å². The molecule has 4 aromatic rings. The molecule has 5 heterocycles. The molecule has 11 nitrogen and oxygen atoms in total. The molecule has 0 aromatic carbocycles. The van der Waals surface area contributed by atoms with Gasteiger partial charge in [0.15, 0.2) is 0 Å². The number of hydrogen-bond acceptors (Lipinski definition) is 9. The molecule has 1 aliphatic rings. The first-order valence-electron chi connectivity index (χ1n) is 13.2. The predicted octanol–water partition coefficient (Wildman–Crippen LogP) is 4.31. The van der Waals surface area contributed by atoms with Gasteiger partial charge >= 0.3 is 6.18 Å². The molecule has 0 saturated carbocycles. The number of aromatic nitrogens is 6. The van der Waals surface area contributed by atoms with Crippen LogP contribution in [0.3, 0.4) is 0 Å². The zero-order valence-electron chi connectivity index (χ0n) is 22.9. The van der Waals surface area contributed by atoms with E-state index in [0.29, 0.717) is 29.9 Å². The van der Waals surface area contributed by atoms with E-state index in [1.54, 1.807) is 19.2 Å². The molecule has 0 radical (unpaired) electrons. The monoisotopic (exact) mass is 569 g/mol.